The summed E-state index contributed by atoms with van der Waals surface area (Å²) < 4.78 is 5.10. The van der Waals surface area contributed by atoms with Crippen LogP contribution in [0.4, 0.5) is 0 Å². The lowest BCUT2D eigenvalue weighted by Gasteiger charge is -2.09. The fourth-order valence-electron chi connectivity index (χ4n) is 2.18. The van der Waals surface area contributed by atoms with Crippen LogP contribution < -0.4 is 4.74 Å². The molecule has 0 fully saturated rings. The molecule has 0 saturated carbocycles. The van der Waals surface area contributed by atoms with Gasteiger partial charge in [0.15, 0.2) is 11.5 Å². The lowest BCUT2D eigenvalue weighted by molar-refractivity contribution is -0.133. The van der Waals surface area contributed by atoms with Gasteiger partial charge in [-0.2, -0.15) is 0 Å². The van der Waals surface area contributed by atoms with Gasteiger partial charge < -0.3 is 14.9 Å². The van der Waals surface area contributed by atoms with Crippen LogP contribution in [0.3, 0.4) is 0 Å². The van der Waals surface area contributed by atoms with Gasteiger partial charge in [0, 0.05) is 0 Å². The Bertz CT molecular complexity index is 619. The van der Waals surface area contributed by atoms with E-state index in [1.54, 1.807) is 24.3 Å². The molecule has 4 nitrogen and oxygen atoms in total. The SMILES string of the molecule is O=C1Oc2ccc(O)c(O)c2C1c1ccccc1. The zero-order chi connectivity index (χ0) is 12.7. The molecule has 0 aromatic heterocycles. The molecular weight excluding hydrogens is 232 g/mol. The smallest absolute Gasteiger partial charge is 0.323 e. The Balaban J connectivity index is 2.20. The highest BCUT2D eigenvalue weighted by Gasteiger charge is 2.37. The van der Waals surface area contributed by atoms with Crippen LogP contribution >= 0.6 is 0 Å². The predicted molar refractivity (Wildman–Crippen MR) is 63.7 cm³/mol. The van der Waals surface area contributed by atoms with E-state index in [1.807, 2.05) is 6.07 Å². The van der Waals surface area contributed by atoms with Crippen LogP contribution in [0.25, 0.3) is 0 Å². The van der Waals surface area contributed by atoms with E-state index in [-0.39, 0.29) is 11.5 Å². The van der Waals surface area contributed by atoms with Crippen LogP contribution in [0.1, 0.15) is 17.0 Å². The van der Waals surface area contributed by atoms with Crippen molar-refractivity contribution in [1.29, 1.82) is 0 Å². The Kier molecular flexibility index (Phi) is 2.23. The van der Waals surface area contributed by atoms with Crippen molar-refractivity contribution in [3.05, 3.63) is 53.6 Å². The molecule has 2 aromatic rings. The number of carbonyl (C=O) groups excluding carboxylic acids is 1. The van der Waals surface area contributed by atoms with E-state index in [0.29, 0.717) is 11.3 Å². The number of ether oxygens (including phenoxy) is 1. The van der Waals surface area contributed by atoms with Gasteiger partial charge in [0.05, 0.1) is 5.56 Å². The normalized spacial score (nSPS) is 17.3. The standard InChI is InChI=1S/C14H10O4/c15-9-6-7-10-12(13(9)16)11(14(17)18-10)8-4-2-1-3-5-8/h1-7,11,15-16H. The first-order chi connectivity index (χ1) is 8.68. The summed E-state index contributed by atoms with van der Waals surface area (Å²) in [4.78, 5) is 11.9. The summed E-state index contributed by atoms with van der Waals surface area (Å²) in [5.41, 5.74) is 1.05. The number of phenolic OH excluding ortho intramolecular Hbond substituents is 2. The van der Waals surface area contributed by atoms with Crippen LogP contribution in [0.5, 0.6) is 17.2 Å². The molecule has 1 aliphatic heterocycles. The van der Waals surface area contributed by atoms with Gasteiger partial charge in [-0.3, -0.25) is 4.79 Å². The average molecular weight is 242 g/mol. The summed E-state index contributed by atoms with van der Waals surface area (Å²) in [7, 11) is 0. The zero-order valence-corrected chi connectivity index (χ0v) is 9.33. The molecule has 3 rings (SSSR count). The van der Waals surface area contributed by atoms with Crippen molar-refractivity contribution in [2.45, 2.75) is 5.92 Å². The molecule has 0 radical (unpaired) electrons. The third-order valence-electron chi connectivity index (χ3n) is 3.02. The second-order valence-corrected chi connectivity index (χ2v) is 4.11. The molecule has 2 aromatic carbocycles. The number of fused-ring (bicyclic) bond motifs is 1. The van der Waals surface area contributed by atoms with Gasteiger partial charge in [0.2, 0.25) is 0 Å². The summed E-state index contributed by atoms with van der Waals surface area (Å²) in [6.45, 7) is 0. The first kappa shape index (κ1) is 10.7. The Morgan fingerprint density at radius 3 is 2.44 bits per heavy atom. The van der Waals surface area contributed by atoms with E-state index < -0.39 is 11.9 Å². The molecule has 2 N–H and O–H groups in total. The van der Waals surface area contributed by atoms with E-state index in [4.69, 9.17) is 4.74 Å². The minimum Gasteiger partial charge on any atom is -0.504 e. The highest BCUT2D eigenvalue weighted by Crippen LogP contribution is 2.47. The molecule has 0 aliphatic carbocycles. The van der Waals surface area contributed by atoms with Crippen molar-refractivity contribution in [1.82, 2.24) is 0 Å². The van der Waals surface area contributed by atoms with Crippen molar-refractivity contribution in [2.24, 2.45) is 0 Å². The van der Waals surface area contributed by atoms with Gasteiger partial charge >= 0.3 is 5.97 Å². The van der Waals surface area contributed by atoms with Crippen LogP contribution in [-0.2, 0) is 4.79 Å². The number of rotatable bonds is 1. The first-order valence-corrected chi connectivity index (χ1v) is 5.50. The second kappa shape index (κ2) is 3.77. The molecule has 0 amide bonds. The molecule has 90 valence electrons. The number of aromatic hydroxyl groups is 2. The maximum atomic E-state index is 11.9. The first-order valence-electron chi connectivity index (χ1n) is 5.50. The Morgan fingerprint density at radius 1 is 1.00 bits per heavy atom. The van der Waals surface area contributed by atoms with E-state index in [1.165, 1.54) is 12.1 Å². The zero-order valence-electron chi connectivity index (χ0n) is 9.33. The topological polar surface area (TPSA) is 66.8 Å². The van der Waals surface area contributed by atoms with Gasteiger partial charge in [0.25, 0.3) is 0 Å². The minimum atomic E-state index is -0.687. The van der Waals surface area contributed by atoms with Crippen molar-refractivity contribution >= 4 is 5.97 Å². The maximum Gasteiger partial charge on any atom is 0.323 e. The molecule has 0 spiro atoms. The number of carbonyl (C=O) groups is 1. The summed E-state index contributed by atoms with van der Waals surface area (Å²) in [5.74, 6) is -1.39. The van der Waals surface area contributed by atoms with E-state index in [2.05, 4.69) is 0 Å². The van der Waals surface area contributed by atoms with E-state index in [0.717, 1.165) is 5.56 Å². The Labute approximate surface area is 103 Å². The van der Waals surface area contributed by atoms with Crippen LogP contribution in [0.2, 0.25) is 0 Å². The number of hydrogen-bond acceptors (Lipinski definition) is 4. The number of esters is 1. The highest BCUT2D eigenvalue weighted by atomic mass is 16.5. The summed E-state index contributed by atoms with van der Waals surface area (Å²) >= 11 is 0. The molecule has 4 heteroatoms. The molecule has 1 aliphatic rings. The molecule has 18 heavy (non-hydrogen) atoms. The van der Waals surface area contributed by atoms with Gasteiger partial charge in [-0.05, 0) is 17.7 Å². The van der Waals surface area contributed by atoms with Crippen LogP contribution in [0, 0.1) is 0 Å². The molecule has 0 saturated heterocycles. The van der Waals surface area contributed by atoms with Crippen LogP contribution in [-0.4, -0.2) is 16.2 Å². The van der Waals surface area contributed by atoms with Gasteiger partial charge in [-0.25, -0.2) is 0 Å². The van der Waals surface area contributed by atoms with Gasteiger partial charge in [-0.15, -0.1) is 0 Å². The van der Waals surface area contributed by atoms with E-state index >= 15 is 0 Å². The molecule has 1 unspecified atom stereocenters. The molecule has 0 bridgehead atoms. The van der Waals surface area contributed by atoms with Gasteiger partial charge in [0.1, 0.15) is 11.7 Å². The Hall–Kier alpha value is -2.49. The monoisotopic (exact) mass is 242 g/mol. The summed E-state index contributed by atoms with van der Waals surface area (Å²) in [6.07, 6.45) is 0. The largest absolute Gasteiger partial charge is 0.504 e. The number of benzene rings is 2. The van der Waals surface area contributed by atoms with Crippen molar-refractivity contribution < 1.29 is 19.7 Å². The minimum absolute atomic E-state index is 0.256. The third-order valence-corrected chi connectivity index (χ3v) is 3.02. The quantitative estimate of drug-likeness (QED) is 0.457. The lowest BCUT2D eigenvalue weighted by atomic mass is 9.92. The van der Waals surface area contributed by atoms with Crippen molar-refractivity contribution in [2.75, 3.05) is 0 Å². The fraction of sp³-hybridized carbons (Fsp3) is 0.0714. The molecular formula is C14H10O4. The fourth-order valence-corrected chi connectivity index (χ4v) is 2.18. The third kappa shape index (κ3) is 1.43. The predicted octanol–water partition coefficient (Wildman–Crippen LogP) is 2.15. The lowest BCUT2D eigenvalue weighted by Crippen LogP contribution is -2.11. The molecule has 1 heterocycles. The second-order valence-electron chi connectivity index (χ2n) is 4.11. The Morgan fingerprint density at radius 2 is 1.72 bits per heavy atom. The van der Waals surface area contributed by atoms with Crippen molar-refractivity contribution in [3.63, 3.8) is 0 Å². The number of hydrogen-bond donors (Lipinski definition) is 2. The number of phenols is 2. The van der Waals surface area contributed by atoms with Crippen molar-refractivity contribution in [3.8, 4) is 17.2 Å². The highest BCUT2D eigenvalue weighted by molar-refractivity contribution is 5.91. The summed E-state index contributed by atoms with van der Waals surface area (Å²) in [6, 6.07) is 11.8. The molecule has 1 atom stereocenters. The summed E-state index contributed by atoms with van der Waals surface area (Å²) in [5, 5.41) is 19.4. The van der Waals surface area contributed by atoms with E-state index in [9.17, 15) is 15.0 Å². The van der Waals surface area contributed by atoms with Gasteiger partial charge in [-0.1, -0.05) is 30.3 Å². The maximum absolute atomic E-state index is 11.9. The van der Waals surface area contributed by atoms with Crippen LogP contribution in [0.15, 0.2) is 42.5 Å². The average Bonchev–Trinajstić information content (AvgIpc) is 2.72.